The number of aromatic nitrogens is 2. The number of hydrogen-bond donors (Lipinski definition) is 0. The van der Waals surface area contributed by atoms with Crippen molar-refractivity contribution in [1.82, 2.24) is 9.13 Å². The zero-order valence-electron chi connectivity index (χ0n) is 89.7. The van der Waals surface area contributed by atoms with Crippen molar-refractivity contribution >= 4 is 101 Å². The fraction of sp³-hybridized carbons (Fsp3) is 0.364. The van der Waals surface area contributed by atoms with Crippen molar-refractivity contribution in [2.75, 3.05) is 9.80 Å². The van der Waals surface area contributed by atoms with E-state index in [2.05, 4.69) is 529 Å². The van der Waals surface area contributed by atoms with Crippen LogP contribution >= 0.6 is 0 Å². The number of hydrogen-bond acceptors (Lipinski definition) is 2. The van der Waals surface area contributed by atoms with Crippen molar-refractivity contribution in [3.63, 3.8) is 0 Å². The molecule has 0 atom stereocenters. The second-order valence-corrected chi connectivity index (χ2v) is 53.0. The van der Waals surface area contributed by atoms with Gasteiger partial charge in [-0.3, -0.25) is 0 Å². The summed E-state index contributed by atoms with van der Waals surface area (Å²) in [5.74, 6) is 0. The Morgan fingerprint density at radius 1 is 0.182 bits per heavy atom. The third kappa shape index (κ3) is 17.4. The Morgan fingerprint density at radius 2 is 0.467 bits per heavy atom. The van der Waals surface area contributed by atoms with Gasteiger partial charge in [-0.05, 0) is 260 Å². The van der Waals surface area contributed by atoms with Gasteiger partial charge < -0.3 is 18.9 Å². The van der Waals surface area contributed by atoms with E-state index >= 15 is 0 Å². The van der Waals surface area contributed by atoms with Crippen LogP contribution in [0.4, 0.5) is 34.1 Å². The normalized spacial score (nSPS) is 13.9. The molecule has 0 radical (unpaired) electrons. The summed E-state index contributed by atoms with van der Waals surface area (Å²) in [6.45, 7) is 85.1. The molecular weight excluding hydrogens is 1650 g/mol. The van der Waals surface area contributed by atoms with Crippen molar-refractivity contribution in [2.45, 2.75) is 314 Å². The van der Waals surface area contributed by atoms with E-state index in [-0.39, 0.29) is 71.7 Å². The van der Waals surface area contributed by atoms with Crippen LogP contribution in [0.25, 0.3) is 111 Å². The monoisotopic (exact) mass is 1800 g/mol. The van der Waals surface area contributed by atoms with Gasteiger partial charge in [0.05, 0.1) is 39.1 Å². The van der Waals surface area contributed by atoms with E-state index < -0.39 is 0 Å². The molecule has 18 rings (SSSR count). The minimum absolute atomic E-state index is 0.0970. The Balaban J connectivity index is 1.11. The first-order valence-corrected chi connectivity index (χ1v) is 50.7. The summed E-state index contributed by atoms with van der Waals surface area (Å²) in [4.78, 5) is 5.66. The first-order chi connectivity index (χ1) is 63.5. The molecule has 2 aromatic heterocycles. The summed E-state index contributed by atoms with van der Waals surface area (Å²) in [5.41, 5.74) is 42.8. The highest BCUT2D eigenvalue weighted by Gasteiger charge is 2.47. The molecular formula is C132H151BN4. The number of nitrogens with zero attached hydrogens (tertiary/aromatic N) is 4. The van der Waals surface area contributed by atoms with Gasteiger partial charge in [0.25, 0.3) is 6.71 Å². The smallest absolute Gasteiger partial charge is 0.252 e. The Labute approximate surface area is 822 Å². The lowest BCUT2D eigenvalue weighted by Crippen LogP contribution is -2.61. The van der Waals surface area contributed by atoms with Crippen LogP contribution in [0.3, 0.4) is 0 Å². The highest BCUT2D eigenvalue weighted by Crippen LogP contribution is 2.57. The highest BCUT2D eigenvalue weighted by atomic mass is 15.2. The molecule has 0 saturated heterocycles. The van der Waals surface area contributed by atoms with E-state index in [9.17, 15) is 0 Å². The molecule has 16 aromatic rings. The van der Waals surface area contributed by atoms with Gasteiger partial charge in [-0.1, -0.05) is 431 Å². The second-order valence-electron chi connectivity index (χ2n) is 53.0. The van der Waals surface area contributed by atoms with Gasteiger partial charge in [0, 0.05) is 72.2 Å². The zero-order chi connectivity index (χ0) is 99.0. The SMILES string of the molecule is CC(C)(C)c1ccc(-c2cccc(-c3cc(C(C)(C)C)cc(C(C)(C)C)c3)c2N2c3cc(-n4c5ccc(C(C)(C)C)cc5c5cc(C(C)(C)C)ccc54)ccc3B3c4ccc(-c5cc(C(C)(C)C)cc(C(C)(C)C)c5)cc4N(c4c(-c5ccc(C(C)(C)C)cc5)cccc4-c4ccc(C(C)(C)C)cc4C(C)(C)C)c4cc(-n5c6ccc(C(C)(C)C)cc6c6cc(C(C)(C)C)ccc65)cc2c43)cc1. The van der Waals surface area contributed by atoms with Crippen LogP contribution in [-0.4, -0.2) is 15.8 Å². The fourth-order valence-corrected chi connectivity index (χ4v) is 21.3. The summed E-state index contributed by atoms with van der Waals surface area (Å²) in [7, 11) is 0. The Bertz CT molecular complexity index is 7310. The Morgan fingerprint density at radius 3 is 0.825 bits per heavy atom. The Kier molecular flexibility index (Phi) is 22.7. The summed E-state index contributed by atoms with van der Waals surface area (Å²) >= 11 is 0. The van der Waals surface area contributed by atoms with Crippen molar-refractivity contribution in [1.29, 1.82) is 0 Å². The van der Waals surface area contributed by atoms with Gasteiger partial charge >= 0.3 is 0 Å². The van der Waals surface area contributed by atoms with Crippen LogP contribution < -0.4 is 26.2 Å². The lowest BCUT2D eigenvalue weighted by Gasteiger charge is -2.46. The molecule has 0 saturated carbocycles. The molecule has 0 amide bonds. The molecule has 0 N–H and O–H groups in total. The van der Waals surface area contributed by atoms with Crippen molar-refractivity contribution in [3.8, 4) is 67.0 Å². The summed E-state index contributed by atoms with van der Waals surface area (Å²) in [5, 5.41) is 4.99. The summed E-state index contributed by atoms with van der Waals surface area (Å²) < 4.78 is 5.29. The quantitative estimate of drug-likeness (QED) is 0.134. The van der Waals surface area contributed by atoms with Crippen molar-refractivity contribution < 1.29 is 0 Å². The second kappa shape index (κ2) is 32.5. The molecule has 0 unspecified atom stereocenters. The van der Waals surface area contributed by atoms with E-state index in [1.54, 1.807) is 0 Å². The first-order valence-electron chi connectivity index (χ1n) is 50.7. The topological polar surface area (TPSA) is 16.3 Å². The lowest BCUT2D eigenvalue weighted by molar-refractivity contribution is 0.568. The lowest BCUT2D eigenvalue weighted by atomic mass is 9.33. The average molecular weight is 1800 g/mol. The summed E-state index contributed by atoms with van der Waals surface area (Å²) in [6, 6.07) is 107. The molecule has 4 nitrogen and oxygen atoms in total. The Hall–Kier alpha value is -11.7. The molecule has 702 valence electrons. The maximum Gasteiger partial charge on any atom is 0.252 e. The van der Waals surface area contributed by atoms with E-state index in [1.165, 1.54) is 144 Å². The maximum absolute atomic E-state index is 2.83. The van der Waals surface area contributed by atoms with E-state index in [1.807, 2.05) is 0 Å². The van der Waals surface area contributed by atoms with Crippen molar-refractivity contribution in [2.24, 2.45) is 0 Å². The zero-order valence-corrected chi connectivity index (χ0v) is 89.7. The van der Waals surface area contributed by atoms with Crippen LogP contribution in [0.2, 0.25) is 0 Å². The van der Waals surface area contributed by atoms with Crippen LogP contribution in [0, 0.1) is 0 Å². The van der Waals surface area contributed by atoms with Gasteiger partial charge in [0.1, 0.15) is 0 Å². The van der Waals surface area contributed by atoms with Crippen LogP contribution in [0.15, 0.2) is 261 Å². The molecule has 137 heavy (non-hydrogen) atoms. The summed E-state index contributed by atoms with van der Waals surface area (Å²) in [6.07, 6.45) is 0. The molecule has 0 spiro atoms. The minimum atomic E-state index is -0.347. The van der Waals surface area contributed by atoms with Gasteiger partial charge in [0.15, 0.2) is 0 Å². The van der Waals surface area contributed by atoms with Crippen LogP contribution in [0.5, 0.6) is 0 Å². The third-order valence-electron chi connectivity index (χ3n) is 30.2. The predicted octanol–water partition coefficient (Wildman–Crippen LogP) is 35.9. The number of para-hydroxylation sites is 2. The molecule has 0 fully saturated rings. The molecule has 14 aromatic carbocycles. The van der Waals surface area contributed by atoms with E-state index in [4.69, 9.17) is 0 Å². The largest absolute Gasteiger partial charge is 0.310 e. The van der Waals surface area contributed by atoms with E-state index in [0.29, 0.717) is 0 Å². The minimum Gasteiger partial charge on any atom is -0.310 e. The van der Waals surface area contributed by atoms with Gasteiger partial charge in [-0.25, -0.2) is 0 Å². The van der Waals surface area contributed by atoms with E-state index in [0.717, 1.165) is 84.3 Å². The molecule has 0 bridgehead atoms. The van der Waals surface area contributed by atoms with Gasteiger partial charge in [0.2, 0.25) is 0 Å². The molecule has 0 aliphatic carbocycles. The van der Waals surface area contributed by atoms with Crippen LogP contribution in [0.1, 0.15) is 316 Å². The molecule has 4 heterocycles. The molecule has 5 heteroatoms. The number of benzene rings is 14. The third-order valence-corrected chi connectivity index (χ3v) is 30.2. The first kappa shape index (κ1) is 95.6. The van der Waals surface area contributed by atoms with Gasteiger partial charge in [-0.2, -0.15) is 0 Å². The predicted molar refractivity (Wildman–Crippen MR) is 601 cm³/mol. The number of fused-ring (bicyclic) bond motifs is 10. The molecule has 2 aliphatic heterocycles. The number of rotatable bonds is 9. The number of anilines is 6. The highest BCUT2D eigenvalue weighted by molar-refractivity contribution is 7.00. The molecule has 2 aliphatic rings. The fourth-order valence-electron chi connectivity index (χ4n) is 21.3. The average Bonchev–Trinajstić information content (AvgIpc) is 1.30. The standard InChI is InChI=1S/C132H151BN4/c1-121(2,3)85-48-43-80(44-49-85)98-39-37-41-100(84-67-94(130(28,29)30)71-95(68-84)131(31,32)33)119(98)137-115-77-96(134-110-61-53-87(123(7,8)9)72-103(110)104-73-88(124(10,11)12)54-62-111(104)134)57-60-109(115)133-108-59-47-82(83-65-92(128(22,23)24)70-93(66-83)129(25,26)27)69-114(108)136(116-78-97(79-117(137)118(116)133)135-112-63-55-89(125(13,14)15)74-105(112)106-75-90(126(16,17)18)56-64-113(106)135)120-99(81-45-50-86(51-46-81)122(4,5)6)40-38-42-102(120)101-58-52-91(127(19,20)21)76-107(101)132(34,35)36/h37-79H,1-36H3. The maximum atomic E-state index is 2.83. The van der Waals surface area contributed by atoms with Crippen LogP contribution in [-0.2, 0) is 65.0 Å². The van der Waals surface area contributed by atoms with Gasteiger partial charge in [-0.15, -0.1) is 0 Å². The van der Waals surface area contributed by atoms with Crippen molar-refractivity contribution in [3.05, 3.63) is 328 Å².